The molecule has 2 N–H and O–H groups in total. The minimum absolute atomic E-state index is 0.0648. The van der Waals surface area contributed by atoms with Crippen LogP contribution in [0.15, 0.2) is 0 Å². The lowest BCUT2D eigenvalue weighted by Crippen LogP contribution is -2.51. The fraction of sp³-hybridized carbons (Fsp3) is 0.769. The van der Waals surface area contributed by atoms with E-state index >= 15 is 0 Å². The third-order valence-electron chi connectivity index (χ3n) is 2.64. The second-order valence-corrected chi connectivity index (χ2v) is 5.26. The number of hydrogen-bond acceptors (Lipinski definition) is 4. The first kappa shape index (κ1) is 18.2. The lowest BCUT2D eigenvalue weighted by molar-refractivity contribution is -0.147. The van der Waals surface area contributed by atoms with E-state index in [1.165, 1.54) is 12.0 Å². The number of aliphatic carboxylic acids is 1. The van der Waals surface area contributed by atoms with Gasteiger partial charge in [0.15, 0.2) is 0 Å². The minimum atomic E-state index is -1.29. The number of carbonyl (C=O) groups excluding carboxylic acids is 2. The van der Waals surface area contributed by atoms with Crippen LogP contribution in [0.1, 0.15) is 34.1 Å². The van der Waals surface area contributed by atoms with E-state index in [4.69, 9.17) is 5.11 Å². The third-order valence-corrected chi connectivity index (χ3v) is 2.64. The molecule has 0 aromatic heterocycles. The van der Waals surface area contributed by atoms with Crippen LogP contribution in [0.2, 0.25) is 0 Å². The van der Waals surface area contributed by atoms with Crippen molar-refractivity contribution in [3.8, 4) is 0 Å². The molecule has 0 saturated carbocycles. The minimum Gasteiger partial charge on any atom is -0.480 e. The monoisotopic (exact) mass is 288 g/mol. The molecule has 7 heteroatoms. The van der Waals surface area contributed by atoms with Crippen LogP contribution in [0.3, 0.4) is 0 Å². The number of hydrogen-bond donors (Lipinski definition) is 2. The zero-order valence-corrected chi connectivity index (χ0v) is 12.7. The molecule has 0 spiro atoms. The van der Waals surface area contributed by atoms with Crippen molar-refractivity contribution in [1.29, 1.82) is 0 Å². The number of nitrogens with one attached hydrogen (secondary N) is 1. The molecule has 0 bridgehead atoms. The molecule has 0 aliphatic heterocycles. The Hall–Kier alpha value is -1.79. The first-order valence-corrected chi connectivity index (χ1v) is 6.55. The first-order chi connectivity index (χ1) is 9.18. The lowest BCUT2D eigenvalue weighted by Gasteiger charge is -2.29. The van der Waals surface area contributed by atoms with Crippen molar-refractivity contribution in [2.45, 2.75) is 46.2 Å². The summed E-state index contributed by atoms with van der Waals surface area (Å²) in [6, 6.07) is -1.85. The normalized spacial score (nSPS) is 12.2. The summed E-state index contributed by atoms with van der Waals surface area (Å²) in [5, 5.41) is 11.4. The van der Waals surface area contributed by atoms with E-state index in [9.17, 15) is 14.4 Å². The molecular weight excluding hydrogens is 264 g/mol. The molecule has 116 valence electrons. The van der Waals surface area contributed by atoms with Gasteiger partial charge in [-0.25, -0.2) is 9.59 Å². The summed E-state index contributed by atoms with van der Waals surface area (Å²) in [5.74, 6) is -1.69. The maximum absolute atomic E-state index is 12.1. The highest BCUT2D eigenvalue weighted by Gasteiger charge is 2.27. The molecule has 0 saturated heterocycles. The van der Waals surface area contributed by atoms with Crippen LogP contribution in [0.4, 0.5) is 4.79 Å². The fourth-order valence-corrected chi connectivity index (χ4v) is 1.60. The van der Waals surface area contributed by atoms with Crippen LogP contribution in [0, 0.1) is 5.92 Å². The number of esters is 1. The Morgan fingerprint density at radius 3 is 2.10 bits per heavy atom. The molecule has 7 nitrogen and oxygen atoms in total. The molecule has 0 aliphatic rings. The smallest absolute Gasteiger partial charge is 0.326 e. The van der Waals surface area contributed by atoms with E-state index in [1.54, 1.807) is 0 Å². The van der Waals surface area contributed by atoms with Gasteiger partial charge in [0.05, 0.1) is 13.5 Å². The highest BCUT2D eigenvalue weighted by atomic mass is 16.5. The number of nitrogens with zero attached hydrogens (tertiary/aromatic N) is 1. The van der Waals surface area contributed by atoms with Crippen LogP contribution in [-0.2, 0) is 14.3 Å². The Balaban J connectivity index is 4.79. The Morgan fingerprint density at radius 1 is 1.20 bits per heavy atom. The van der Waals surface area contributed by atoms with Crippen LogP contribution in [0.5, 0.6) is 0 Å². The van der Waals surface area contributed by atoms with Gasteiger partial charge >= 0.3 is 18.0 Å². The van der Waals surface area contributed by atoms with Gasteiger partial charge in [-0.1, -0.05) is 13.8 Å². The average Bonchev–Trinajstić information content (AvgIpc) is 2.33. The Labute approximate surface area is 119 Å². The molecule has 0 fully saturated rings. The predicted octanol–water partition coefficient (Wildman–Crippen LogP) is 1.08. The van der Waals surface area contributed by atoms with Crippen molar-refractivity contribution in [3.05, 3.63) is 0 Å². The number of amides is 2. The molecule has 20 heavy (non-hydrogen) atoms. The van der Waals surface area contributed by atoms with E-state index in [0.717, 1.165) is 0 Å². The summed E-state index contributed by atoms with van der Waals surface area (Å²) in [7, 11) is 1.17. The molecule has 0 aliphatic carbocycles. The van der Waals surface area contributed by atoms with Crippen molar-refractivity contribution in [3.63, 3.8) is 0 Å². The SMILES string of the molecule is COC(=O)C[C@H](NC(=O)N(CC(C)C)C(C)C)C(=O)O. The summed E-state index contributed by atoms with van der Waals surface area (Å²) in [6.45, 7) is 8.13. The molecular formula is C13H24N2O5. The molecule has 0 aromatic carbocycles. The molecule has 0 heterocycles. The predicted molar refractivity (Wildman–Crippen MR) is 73.3 cm³/mol. The van der Waals surface area contributed by atoms with Crippen LogP contribution in [-0.4, -0.2) is 53.7 Å². The van der Waals surface area contributed by atoms with Crippen LogP contribution >= 0.6 is 0 Å². The number of rotatable bonds is 7. The lowest BCUT2D eigenvalue weighted by atomic mass is 10.2. The van der Waals surface area contributed by atoms with E-state index in [0.29, 0.717) is 6.54 Å². The van der Waals surface area contributed by atoms with Crippen molar-refractivity contribution in [2.24, 2.45) is 5.92 Å². The Morgan fingerprint density at radius 2 is 1.75 bits per heavy atom. The van der Waals surface area contributed by atoms with Crippen molar-refractivity contribution >= 4 is 18.0 Å². The van der Waals surface area contributed by atoms with E-state index in [-0.39, 0.29) is 12.0 Å². The summed E-state index contributed by atoms with van der Waals surface area (Å²) in [6.07, 6.45) is -0.398. The van der Waals surface area contributed by atoms with E-state index in [2.05, 4.69) is 10.1 Å². The van der Waals surface area contributed by atoms with E-state index in [1.807, 2.05) is 27.7 Å². The molecule has 1 atom stereocenters. The van der Waals surface area contributed by atoms with Gasteiger partial charge in [-0.05, 0) is 19.8 Å². The molecule has 0 unspecified atom stereocenters. The van der Waals surface area contributed by atoms with Gasteiger partial charge < -0.3 is 20.1 Å². The molecule has 2 amide bonds. The maximum Gasteiger partial charge on any atom is 0.326 e. The number of carboxylic acids is 1. The van der Waals surface area contributed by atoms with Gasteiger partial charge in [0.25, 0.3) is 0 Å². The van der Waals surface area contributed by atoms with Gasteiger partial charge in [0.1, 0.15) is 6.04 Å². The van der Waals surface area contributed by atoms with Crippen LogP contribution < -0.4 is 5.32 Å². The summed E-state index contributed by atoms with van der Waals surface area (Å²) in [4.78, 5) is 35.8. The van der Waals surface area contributed by atoms with Crippen molar-refractivity contribution < 1.29 is 24.2 Å². The topological polar surface area (TPSA) is 95.9 Å². The zero-order chi connectivity index (χ0) is 15.9. The number of ether oxygens (including phenoxy) is 1. The number of urea groups is 1. The number of methoxy groups -OCH3 is 1. The quantitative estimate of drug-likeness (QED) is 0.683. The van der Waals surface area contributed by atoms with Gasteiger partial charge in [0, 0.05) is 12.6 Å². The highest BCUT2D eigenvalue weighted by Crippen LogP contribution is 2.06. The zero-order valence-electron chi connectivity index (χ0n) is 12.7. The third kappa shape index (κ3) is 6.40. The van der Waals surface area contributed by atoms with Gasteiger partial charge in [-0.15, -0.1) is 0 Å². The fourth-order valence-electron chi connectivity index (χ4n) is 1.60. The Bertz CT molecular complexity index is 355. The average molecular weight is 288 g/mol. The summed E-state index contributed by atoms with van der Waals surface area (Å²) >= 11 is 0. The Kier molecular flexibility index (Phi) is 7.64. The maximum atomic E-state index is 12.1. The first-order valence-electron chi connectivity index (χ1n) is 6.55. The van der Waals surface area contributed by atoms with E-state index < -0.39 is 30.4 Å². The molecule has 0 radical (unpaired) electrons. The van der Waals surface area contributed by atoms with Gasteiger partial charge in [0.2, 0.25) is 0 Å². The van der Waals surface area contributed by atoms with Gasteiger partial charge in [-0.3, -0.25) is 4.79 Å². The standard InChI is InChI=1S/C13H24N2O5/c1-8(2)7-15(9(3)4)13(19)14-10(12(17)18)6-11(16)20-5/h8-10H,6-7H2,1-5H3,(H,14,19)(H,17,18)/t10-/m0/s1. The van der Waals surface area contributed by atoms with Crippen molar-refractivity contribution in [2.75, 3.05) is 13.7 Å². The van der Waals surface area contributed by atoms with Gasteiger partial charge in [-0.2, -0.15) is 0 Å². The number of carbonyl (C=O) groups is 3. The highest BCUT2D eigenvalue weighted by molar-refractivity contribution is 5.86. The molecule has 0 rings (SSSR count). The largest absolute Gasteiger partial charge is 0.480 e. The van der Waals surface area contributed by atoms with Crippen LogP contribution in [0.25, 0.3) is 0 Å². The second-order valence-electron chi connectivity index (χ2n) is 5.26. The summed E-state index contributed by atoms with van der Waals surface area (Å²) < 4.78 is 4.42. The van der Waals surface area contributed by atoms with Crippen molar-refractivity contribution in [1.82, 2.24) is 10.2 Å². The second kappa shape index (κ2) is 8.39. The molecule has 0 aromatic rings. The summed E-state index contributed by atoms with van der Waals surface area (Å²) in [5.41, 5.74) is 0. The number of carboxylic acid groups (broad SMARTS) is 1.